The maximum Gasteiger partial charge on any atom is 0.191 e. The smallest absolute Gasteiger partial charge is 0.191 e. The fourth-order valence-corrected chi connectivity index (χ4v) is 3.84. The molecule has 1 fully saturated rings. The molecule has 0 amide bonds. The van der Waals surface area contributed by atoms with Crippen LogP contribution in [-0.4, -0.2) is 49.1 Å². The summed E-state index contributed by atoms with van der Waals surface area (Å²) < 4.78 is 5.67. The minimum atomic E-state index is 0. The van der Waals surface area contributed by atoms with Crippen LogP contribution in [0.4, 0.5) is 0 Å². The molecule has 0 aliphatic carbocycles. The number of nitrogens with one attached hydrogen (secondary N) is 2. The van der Waals surface area contributed by atoms with Crippen LogP contribution in [0, 0.1) is 6.92 Å². The molecule has 1 unspecified atom stereocenters. The van der Waals surface area contributed by atoms with Crippen molar-refractivity contribution in [3.8, 4) is 0 Å². The van der Waals surface area contributed by atoms with Gasteiger partial charge in [-0.25, -0.2) is 4.98 Å². The first kappa shape index (κ1) is 21.2. The Kier molecular flexibility index (Phi) is 8.86. The summed E-state index contributed by atoms with van der Waals surface area (Å²) in [7, 11) is 1.81. The van der Waals surface area contributed by atoms with Crippen LogP contribution in [0.2, 0.25) is 0 Å². The minimum Gasteiger partial charge on any atom is -0.468 e. The van der Waals surface area contributed by atoms with Gasteiger partial charge in [0.2, 0.25) is 0 Å². The molecule has 3 heterocycles. The third kappa shape index (κ3) is 5.95. The van der Waals surface area contributed by atoms with E-state index in [2.05, 4.69) is 37.0 Å². The Morgan fingerprint density at radius 3 is 2.81 bits per heavy atom. The summed E-state index contributed by atoms with van der Waals surface area (Å²) in [4.78, 5) is 11.3. The lowest BCUT2D eigenvalue weighted by atomic mass is 10.2. The number of rotatable bonds is 7. The van der Waals surface area contributed by atoms with E-state index in [0.29, 0.717) is 0 Å². The molecule has 0 aromatic carbocycles. The Hall–Kier alpha value is -1.13. The molecule has 2 aromatic heterocycles. The molecule has 2 aromatic rings. The minimum absolute atomic E-state index is 0. The molecule has 1 saturated heterocycles. The van der Waals surface area contributed by atoms with Crippen molar-refractivity contribution in [3.05, 3.63) is 40.2 Å². The highest BCUT2D eigenvalue weighted by molar-refractivity contribution is 14.0. The highest BCUT2D eigenvalue weighted by Crippen LogP contribution is 2.24. The Labute approximate surface area is 176 Å². The maximum absolute atomic E-state index is 5.67. The van der Waals surface area contributed by atoms with Gasteiger partial charge in [0.1, 0.15) is 5.76 Å². The number of aryl methyl sites for hydroxylation is 1. The molecule has 1 aliphatic rings. The fraction of sp³-hybridized carbons (Fsp3) is 0.556. The van der Waals surface area contributed by atoms with Crippen molar-refractivity contribution < 1.29 is 4.42 Å². The van der Waals surface area contributed by atoms with Crippen molar-refractivity contribution in [3.63, 3.8) is 0 Å². The zero-order valence-corrected chi connectivity index (χ0v) is 18.5. The number of hydrogen-bond acceptors (Lipinski definition) is 5. The van der Waals surface area contributed by atoms with E-state index in [1.165, 1.54) is 12.8 Å². The van der Waals surface area contributed by atoms with E-state index in [0.717, 1.165) is 55.0 Å². The first-order valence-corrected chi connectivity index (χ1v) is 9.77. The summed E-state index contributed by atoms with van der Waals surface area (Å²) in [5.74, 6) is 1.84. The van der Waals surface area contributed by atoms with Crippen molar-refractivity contribution >= 4 is 41.3 Å². The monoisotopic (exact) mass is 489 g/mol. The van der Waals surface area contributed by atoms with E-state index in [4.69, 9.17) is 4.42 Å². The van der Waals surface area contributed by atoms with E-state index < -0.39 is 0 Å². The molecule has 1 aliphatic heterocycles. The number of aliphatic imine (C=N–C) groups is 1. The molecule has 3 rings (SSSR count). The first-order valence-electron chi connectivity index (χ1n) is 8.89. The van der Waals surface area contributed by atoms with Crippen molar-refractivity contribution in [1.82, 2.24) is 20.5 Å². The number of aromatic nitrogens is 1. The van der Waals surface area contributed by atoms with Gasteiger partial charge in [-0.3, -0.25) is 9.89 Å². The summed E-state index contributed by atoms with van der Waals surface area (Å²) in [5, 5.41) is 10.1. The quantitative estimate of drug-likeness (QED) is 0.355. The molecule has 2 N–H and O–H groups in total. The molecular weight excluding hydrogens is 461 g/mol. The topological polar surface area (TPSA) is 65.7 Å². The number of furan rings is 1. The van der Waals surface area contributed by atoms with E-state index in [9.17, 15) is 0 Å². The van der Waals surface area contributed by atoms with Gasteiger partial charge in [-0.1, -0.05) is 0 Å². The molecule has 6 nitrogen and oxygen atoms in total. The molecule has 0 bridgehead atoms. The maximum atomic E-state index is 5.67. The average molecular weight is 489 g/mol. The summed E-state index contributed by atoms with van der Waals surface area (Å²) in [6.07, 6.45) is 5.18. The van der Waals surface area contributed by atoms with Crippen molar-refractivity contribution in [2.24, 2.45) is 4.99 Å². The second-order valence-electron chi connectivity index (χ2n) is 6.26. The van der Waals surface area contributed by atoms with Crippen LogP contribution in [0.15, 0.2) is 33.2 Å². The van der Waals surface area contributed by atoms with Gasteiger partial charge < -0.3 is 15.1 Å². The SMILES string of the molecule is CN=C(NCCc1csc(C)n1)NCC(c1ccco1)N1CCCC1.I. The van der Waals surface area contributed by atoms with Crippen LogP contribution in [0.1, 0.15) is 35.3 Å². The van der Waals surface area contributed by atoms with Gasteiger partial charge in [-0.2, -0.15) is 0 Å². The van der Waals surface area contributed by atoms with Crippen LogP contribution in [0.5, 0.6) is 0 Å². The van der Waals surface area contributed by atoms with Gasteiger partial charge in [-0.05, 0) is 45.0 Å². The number of thiazole rings is 1. The number of hydrogen-bond donors (Lipinski definition) is 2. The Morgan fingerprint density at radius 1 is 1.38 bits per heavy atom. The van der Waals surface area contributed by atoms with Gasteiger partial charge in [0.25, 0.3) is 0 Å². The van der Waals surface area contributed by atoms with E-state index in [1.54, 1.807) is 24.6 Å². The van der Waals surface area contributed by atoms with Crippen molar-refractivity contribution in [2.45, 2.75) is 32.2 Å². The van der Waals surface area contributed by atoms with Gasteiger partial charge in [-0.15, -0.1) is 35.3 Å². The predicted octanol–water partition coefficient (Wildman–Crippen LogP) is 3.21. The molecule has 144 valence electrons. The van der Waals surface area contributed by atoms with Gasteiger partial charge in [0.15, 0.2) is 5.96 Å². The van der Waals surface area contributed by atoms with E-state index >= 15 is 0 Å². The van der Waals surface area contributed by atoms with Crippen LogP contribution in [0.25, 0.3) is 0 Å². The fourth-order valence-electron chi connectivity index (χ4n) is 3.19. The lowest BCUT2D eigenvalue weighted by Crippen LogP contribution is -2.43. The molecule has 26 heavy (non-hydrogen) atoms. The summed E-state index contributed by atoms with van der Waals surface area (Å²) in [5.41, 5.74) is 1.14. The van der Waals surface area contributed by atoms with Crippen LogP contribution < -0.4 is 10.6 Å². The third-order valence-corrected chi connectivity index (χ3v) is 5.30. The van der Waals surface area contributed by atoms with Crippen molar-refractivity contribution in [1.29, 1.82) is 0 Å². The normalized spacial score (nSPS) is 16.3. The average Bonchev–Trinajstić information content (AvgIpc) is 3.37. The zero-order valence-electron chi connectivity index (χ0n) is 15.4. The predicted molar refractivity (Wildman–Crippen MR) is 118 cm³/mol. The van der Waals surface area contributed by atoms with Crippen LogP contribution in [0.3, 0.4) is 0 Å². The summed E-state index contributed by atoms with van der Waals surface area (Å²) in [6, 6.07) is 4.27. The first-order chi connectivity index (χ1) is 12.3. The summed E-state index contributed by atoms with van der Waals surface area (Å²) in [6.45, 7) is 5.89. The Balaban J connectivity index is 0.00000243. The molecular formula is C18H28IN5OS. The van der Waals surface area contributed by atoms with Gasteiger partial charge in [0, 0.05) is 31.9 Å². The molecule has 8 heteroatoms. The van der Waals surface area contributed by atoms with Crippen molar-refractivity contribution in [2.75, 3.05) is 33.2 Å². The van der Waals surface area contributed by atoms with Crippen LogP contribution in [-0.2, 0) is 6.42 Å². The number of guanidine groups is 1. The number of nitrogens with zero attached hydrogens (tertiary/aromatic N) is 3. The Bertz CT molecular complexity index is 667. The Morgan fingerprint density at radius 2 is 2.19 bits per heavy atom. The van der Waals surface area contributed by atoms with Gasteiger partial charge in [0.05, 0.1) is 23.0 Å². The molecule has 1 atom stereocenters. The molecule has 0 spiro atoms. The molecule has 0 radical (unpaired) electrons. The lowest BCUT2D eigenvalue weighted by Gasteiger charge is -2.26. The number of halogens is 1. The second kappa shape index (κ2) is 10.9. The standard InChI is InChI=1S/C18H27N5OS.HI/c1-14-22-15(13-25-14)7-8-20-18(19-2)21-12-16(17-6-5-11-24-17)23-9-3-4-10-23;/h5-6,11,13,16H,3-4,7-10,12H2,1-2H3,(H2,19,20,21);1H. The van der Waals surface area contributed by atoms with E-state index in [1.807, 2.05) is 13.0 Å². The van der Waals surface area contributed by atoms with E-state index in [-0.39, 0.29) is 30.0 Å². The largest absolute Gasteiger partial charge is 0.468 e. The second-order valence-corrected chi connectivity index (χ2v) is 7.32. The number of likely N-dealkylation sites (tertiary alicyclic amines) is 1. The third-order valence-electron chi connectivity index (χ3n) is 4.48. The molecule has 0 saturated carbocycles. The lowest BCUT2D eigenvalue weighted by molar-refractivity contribution is 0.215. The zero-order chi connectivity index (χ0) is 17.5. The van der Waals surface area contributed by atoms with Crippen LogP contribution >= 0.6 is 35.3 Å². The summed E-state index contributed by atoms with van der Waals surface area (Å²) >= 11 is 1.70. The highest BCUT2D eigenvalue weighted by atomic mass is 127. The highest BCUT2D eigenvalue weighted by Gasteiger charge is 2.25. The van der Waals surface area contributed by atoms with Gasteiger partial charge >= 0.3 is 0 Å².